The summed E-state index contributed by atoms with van der Waals surface area (Å²) in [5.74, 6) is 0.808. The Balaban J connectivity index is 1.56. The molecule has 0 aromatic rings. The summed E-state index contributed by atoms with van der Waals surface area (Å²) in [4.78, 5) is 36.5. The van der Waals surface area contributed by atoms with E-state index in [4.69, 9.17) is 4.74 Å². The van der Waals surface area contributed by atoms with E-state index in [9.17, 15) is 19.5 Å². The van der Waals surface area contributed by atoms with Gasteiger partial charge < -0.3 is 9.84 Å². The van der Waals surface area contributed by atoms with E-state index in [0.29, 0.717) is 30.6 Å². The summed E-state index contributed by atoms with van der Waals surface area (Å²) in [5, 5.41) is 10.7. The second kappa shape index (κ2) is 6.68. The van der Waals surface area contributed by atoms with Gasteiger partial charge in [-0.1, -0.05) is 31.2 Å². The highest BCUT2D eigenvalue weighted by molar-refractivity contribution is 8.14. The van der Waals surface area contributed by atoms with Crippen molar-refractivity contribution in [3.63, 3.8) is 0 Å². The number of ether oxygens (including phenoxy) is 1. The first-order valence-electron chi connectivity index (χ1n) is 11.4. The summed E-state index contributed by atoms with van der Waals surface area (Å²) in [6, 6.07) is 0. The molecule has 0 aromatic heterocycles. The van der Waals surface area contributed by atoms with Crippen molar-refractivity contribution >= 4 is 28.6 Å². The fourth-order valence-corrected chi connectivity index (χ4v) is 9.41. The van der Waals surface area contributed by atoms with Gasteiger partial charge in [0.25, 0.3) is 0 Å². The van der Waals surface area contributed by atoms with Gasteiger partial charge in [0.1, 0.15) is 11.7 Å². The van der Waals surface area contributed by atoms with Crippen LogP contribution in [0.2, 0.25) is 0 Å². The Morgan fingerprint density at radius 3 is 2.57 bits per heavy atom. The van der Waals surface area contributed by atoms with Crippen LogP contribution >= 0.6 is 11.8 Å². The Bertz CT molecular complexity index is 851. The SMILES string of the molecule is CC(=O)S[C@@H]1CC2=CC(=O)[C@H](O)C[C@]2(C)[C@H]2CC[C@@]3(C)[C@@H](CC[C@@]34CCC(=O)O4)[C@H]12. The molecule has 4 aliphatic carbocycles. The highest BCUT2D eigenvalue weighted by Crippen LogP contribution is 2.70. The topological polar surface area (TPSA) is 80.7 Å². The molecule has 8 atom stereocenters. The standard InChI is InChI=1S/C24H32O5S/c1-13(25)30-19-11-14-10-17(26)18(27)12-22(14,2)15-4-7-23(3)16(21(15)19)5-8-24(23)9-6-20(28)29-24/h10,15-16,18-19,21,27H,4-9,11-12H2,1-3H3/t15-,16-,18+,19+,21+,22-,23-,24+/m0/s1. The fourth-order valence-electron chi connectivity index (χ4n) is 8.19. The smallest absolute Gasteiger partial charge is 0.306 e. The average molecular weight is 433 g/mol. The number of aliphatic hydroxyl groups is 1. The second-order valence-electron chi connectivity index (χ2n) is 10.8. The first kappa shape index (κ1) is 20.7. The molecule has 1 spiro atoms. The van der Waals surface area contributed by atoms with E-state index in [0.717, 1.165) is 44.1 Å². The molecule has 4 fully saturated rings. The zero-order chi connectivity index (χ0) is 21.5. The summed E-state index contributed by atoms with van der Waals surface area (Å²) in [7, 11) is 0. The molecule has 5 nitrogen and oxygen atoms in total. The maximum absolute atomic E-state index is 12.3. The maximum atomic E-state index is 12.3. The van der Waals surface area contributed by atoms with Gasteiger partial charge in [-0.05, 0) is 74.2 Å². The van der Waals surface area contributed by atoms with Crippen LogP contribution < -0.4 is 0 Å². The van der Waals surface area contributed by atoms with Gasteiger partial charge in [-0.2, -0.15) is 0 Å². The summed E-state index contributed by atoms with van der Waals surface area (Å²) < 4.78 is 6.03. The van der Waals surface area contributed by atoms with Crippen molar-refractivity contribution in [3.8, 4) is 0 Å². The molecule has 5 rings (SSSR count). The normalized spacial score (nSPS) is 49.9. The molecule has 0 amide bonds. The van der Waals surface area contributed by atoms with Crippen LogP contribution in [-0.4, -0.2) is 38.9 Å². The summed E-state index contributed by atoms with van der Waals surface area (Å²) in [6.45, 7) is 6.18. The molecule has 1 saturated heterocycles. The average Bonchev–Trinajstić information content (AvgIpc) is 3.18. The molecule has 164 valence electrons. The Morgan fingerprint density at radius 1 is 1.17 bits per heavy atom. The predicted octanol–water partition coefficient (Wildman–Crippen LogP) is 3.82. The van der Waals surface area contributed by atoms with Gasteiger partial charge in [0, 0.05) is 24.0 Å². The van der Waals surface area contributed by atoms with E-state index >= 15 is 0 Å². The third-order valence-electron chi connectivity index (χ3n) is 9.65. The fraction of sp³-hybridized carbons (Fsp3) is 0.792. The van der Waals surface area contributed by atoms with Gasteiger partial charge in [0.05, 0.1) is 0 Å². The first-order chi connectivity index (χ1) is 14.1. The van der Waals surface area contributed by atoms with E-state index < -0.39 is 6.10 Å². The van der Waals surface area contributed by atoms with E-state index in [1.807, 2.05) is 0 Å². The van der Waals surface area contributed by atoms with E-state index in [2.05, 4.69) is 13.8 Å². The van der Waals surface area contributed by atoms with Crippen molar-refractivity contribution in [3.05, 3.63) is 11.6 Å². The molecule has 0 unspecified atom stereocenters. The van der Waals surface area contributed by atoms with Crippen molar-refractivity contribution in [2.45, 2.75) is 89.1 Å². The van der Waals surface area contributed by atoms with Gasteiger partial charge >= 0.3 is 5.97 Å². The van der Waals surface area contributed by atoms with Crippen molar-refractivity contribution in [1.82, 2.24) is 0 Å². The third kappa shape index (κ3) is 2.68. The number of carbonyl (C=O) groups excluding carboxylic acids is 3. The van der Waals surface area contributed by atoms with Gasteiger partial charge in [-0.15, -0.1) is 0 Å². The van der Waals surface area contributed by atoms with Gasteiger partial charge in [-0.3, -0.25) is 14.4 Å². The lowest BCUT2D eigenvalue weighted by molar-refractivity contribution is -0.168. The monoisotopic (exact) mass is 432 g/mol. The molecular formula is C24H32O5S. The molecule has 1 heterocycles. The number of esters is 1. The molecule has 5 aliphatic rings. The Morgan fingerprint density at radius 2 is 1.90 bits per heavy atom. The molecule has 30 heavy (non-hydrogen) atoms. The number of hydrogen-bond donors (Lipinski definition) is 1. The molecule has 3 saturated carbocycles. The van der Waals surface area contributed by atoms with Crippen LogP contribution in [0.1, 0.15) is 72.1 Å². The van der Waals surface area contributed by atoms with Crippen LogP contribution in [0.15, 0.2) is 11.6 Å². The molecule has 0 aromatic carbocycles. The maximum Gasteiger partial charge on any atom is 0.306 e. The highest BCUT2D eigenvalue weighted by atomic mass is 32.2. The Kier molecular flexibility index (Phi) is 4.62. The number of thioether (sulfide) groups is 1. The van der Waals surface area contributed by atoms with Crippen molar-refractivity contribution < 1.29 is 24.2 Å². The zero-order valence-corrected chi connectivity index (χ0v) is 18.9. The quantitative estimate of drug-likeness (QED) is 0.635. The second-order valence-corrected chi connectivity index (χ2v) is 12.2. The molecule has 1 aliphatic heterocycles. The number of carbonyl (C=O) groups is 3. The van der Waals surface area contributed by atoms with Crippen LogP contribution in [-0.2, 0) is 19.1 Å². The van der Waals surface area contributed by atoms with Crippen molar-refractivity contribution in [1.29, 1.82) is 0 Å². The van der Waals surface area contributed by atoms with Crippen molar-refractivity contribution in [2.75, 3.05) is 0 Å². The minimum Gasteiger partial charge on any atom is -0.458 e. The zero-order valence-electron chi connectivity index (χ0n) is 18.1. The summed E-state index contributed by atoms with van der Waals surface area (Å²) in [5.41, 5.74) is 0.525. The number of ketones is 1. The van der Waals surface area contributed by atoms with Crippen molar-refractivity contribution in [2.24, 2.45) is 28.6 Å². The lowest BCUT2D eigenvalue weighted by atomic mass is 9.46. The molecule has 0 radical (unpaired) electrons. The third-order valence-corrected chi connectivity index (χ3v) is 10.8. The Labute approximate surface area is 182 Å². The minimum absolute atomic E-state index is 0.0589. The lowest BCUT2D eigenvalue weighted by Gasteiger charge is -2.61. The number of aliphatic hydroxyl groups excluding tert-OH is 1. The van der Waals surface area contributed by atoms with Crippen LogP contribution in [0, 0.1) is 28.6 Å². The van der Waals surface area contributed by atoms with Crippen LogP contribution in [0.25, 0.3) is 0 Å². The Hall–Kier alpha value is -1.14. The lowest BCUT2D eigenvalue weighted by Crippen LogP contribution is -2.58. The minimum atomic E-state index is -0.921. The van der Waals surface area contributed by atoms with Crippen LogP contribution in [0.4, 0.5) is 0 Å². The molecular weight excluding hydrogens is 400 g/mol. The van der Waals surface area contributed by atoms with Crippen LogP contribution in [0.5, 0.6) is 0 Å². The van der Waals surface area contributed by atoms with E-state index in [1.165, 1.54) is 11.8 Å². The highest BCUT2D eigenvalue weighted by Gasteiger charge is 2.68. The number of allylic oxidation sites excluding steroid dienone is 1. The number of rotatable bonds is 1. The van der Waals surface area contributed by atoms with Crippen LogP contribution in [0.3, 0.4) is 0 Å². The largest absolute Gasteiger partial charge is 0.458 e. The molecule has 6 heteroatoms. The van der Waals surface area contributed by atoms with Gasteiger partial charge in [-0.25, -0.2) is 0 Å². The molecule has 1 N–H and O–H groups in total. The first-order valence-corrected chi connectivity index (χ1v) is 12.3. The number of hydrogen-bond acceptors (Lipinski definition) is 6. The predicted molar refractivity (Wildman–Crippen MR) is 114 cm³/mol. The van der Waals surface area contributed by atoms with E-state index in [1.54, 1.807) is 13.0 Å². The van der Waals surface area contributed by atoms with Gasteiger partial charge in [0.15, 0.2) is 10.9 Å². The van der Waals surface area contributed by atoms with Gasteiger partial charge in [0.2, 0.25) is 0 Å². The van der Waals surface area contributed by atoms with E-state index in [-0.39, 0.29) is 38.5 Å². The summed E-state index contributed by atoms with van der Waals surface area (Å²) in [6.07, 6.45) is 7.24. The summed E-state index contributed by atoms with van der Waals surface area (Å²) >= 11 is 1.44. The molecule has 0 bridgehead atoms. The number of fused-ring (bicyclic) bond motifs is 6.